The van der Waals surface area contributed by atoms with Crippen LogP contribution in [0.15, 0.2) is 22.7 Å². The Bertz CT molecular complexity index is 471. The molecule has 2 unspecified atom stereocenters. The van der Waals surface area contributed by atoms with Gasteiger partial charge in [0.05, 0.1) is 29.5 Å². The summed E-state index contributed by atoms with van der Waals surface area (Å²) in [6.45, 7) is 1.92. The molecule has 2 saturated heterocycles. The van der Waals surface area contributed by atoms with Crippen LogP contribution < -0.4 is 4.90 Å². The van der Waals surface area contributed by atoms with Gasteiger partial charge in [0.2, 0.25) is 0 Å². The normalized spacial score (nSPS) is 26.9. The highest BCUT2D eigenvalue weighted by Crippen LogP contribution is 2.33. The van der Waals surface area contributed by atoms with Crippen molar-refractivity contribution in [3.8, 4) is 6.07 Å². The summed E-state index contributed by atoms with van der Waals surface area (Å²) in [5.41, 5.74) is 1.86. The molecule has 0 aliphatic carbocycles. The van der Waals surface area contributed by atoms with E-state index in [1.54, 1.807) is 0 Å². The van der Waals surface area contributed by atoms with Gasteiger partial charge in [0, 0.05) is 17.6 Å². The van der Waals surface area contributed by atoms with Crippen LogP contribution in [0.4, 0.5) is 5.69 Å². The first-order valence-corrected chi connectivity index (χ1v) is 6.65. The average Bonchev–Trinajstić information content (AvgIpc) is 2.68. The number of ether oxygens (including phenoxy) is 1. The lowest BCUT2D eigenvalue weighted by atomic mass is 10.2. The third-order valence-electron chi connectivity index (χ3n) is 3.46. The zero-order valence-electron chi connectivity index (χ0n) is 9.40. The number of halogens is 1. The second kappa shape index (κ2) is 4.32. The summed E-state index contributed by atoms with van der Waals surface area (Å²) in [5, 5.41) is 8.85. The Balaban J connectivity index is 1.87. The Morgan fingerprint density at radius 2 is 2.00 bits per heavy atom. The van der Waals surface area contributed by atoms with Crippen molar-refractivity contribution in [1.29, 1.82) is 5.26 Å². The number of nitriles is 1. The summed E-state index contributed by atoms with van der Waals surface area (Å²) in [6, 6.07) is 7.93. The lowest BCUT2D eigenvalue weighted by Gasteiger charge is -2.34. The largest absolute Gasteiger partial charge is 0.371 e. The van der Waals surface area contributed by atoms with Crippen molar-refractivity contribution < 1.29 is 4.74 Å². The number of hydrogen-bond acceptors (Lipinski definition) is 3. The van der Waals surface area contributed by atoms with E-state index in [2.05, 4.69) is 26.9 Å². The van der Waals surface area contributed by atoms with Gasteiger partial charge in [-0.15, -0.1) is 0 Å². The Morgan fingerprint density at radius 1 is 1.29 bits per heavy atom. The minimum absolute atomic E-state index is 0.385. The minimum atomic E-state index is 0.385. The summed E-state index contributed by atoms with van der Waals surface area (Å²) in [7, 11) is 0. The highest BCUT2D eigenvalue weighted by atomic mass is 79.9. The van der Waals surface area contributed by atoms with Crippen molar-refractivity contribution in [2.24, 2.45) is 0 Å². The molecule has 0 saturated carbocycles. The summed E-state index contributed by atoms with van der Waals surface area (Å²) >= 11 is 3.55. The van der Waals surface area contributed by atoms with Crippen LogP contribution in [-0.4, -0.2) is 25.3 Å². The van der Waals surface area contributed by atoms with Crippen LogP contribution >= 0.6 is 15.9 Å². The molecule has 0 spiro atoms. The molecule has 1 aromatic carbocycles. The number of anilines is 1. The maximum absolute atomic E-state index is 8.85. The number of hydrogen-bond donors (Lipinski definition) is 0. The van der Waals surface area contributed by atoms with Gasteiger partial charge < -0.3 is 9.64 Å². The molecule has 2 aliphatic heterocycles. The molecule has 1 aromatic rings. The third-order valence-corrected chi connectivity index (χ3v) is 4.10. The predicted octanol–water partition coefficient (Wildman–Crippen LogP) is 2.69. The van der Waals surface area contributed by atoms with Gasteiger partial charge in [-0.1, -0.05) is 0 Å². The van der Waals surface area contributed by atoms with Crippen LogP contribution in [0.2, 0.25) is 0 Å². The van der Waals surface area contributed by atoms with Crippen molar-refractivity contribution in [2.45, 2.75) is 25.0 Å². The van der Waals surface area contributed by atoms with E-state index in [-0.39, 0.29) is 0 Å². The molecule has 4 heteroatoms. The minimum Gasteiger partial charge on any atom is -0.371 e. The van der Waals surface area contributed by atoms with Crippen molar-refractivity contribution in [3.63, 3.8) is 0 Å². The zero-order valence-corrected chi connectivity index (χ0v) is 11.0. The molecule has 2 atom stereocenters. The number of nitrogens with zero attached hydrogens (tertiary/aromatic N) is 2. The molecule has 2 fully saturated rings. The summed E-state index contributed by atoms with van der Waals surface area (Å²) in [6.07, 6.45) is 3.12. The Labute approximate surface area is 109 Å². The fourth-order valence-corrected chi connectivity index (χ4v) is 3.27. The fraction of sp³-hybridized carbons (Fsp3) is 0.462. The molecule has 0 aromatic heterocycles. The maximum Gasteiger partial charge on any atom is 0.0992 e. The van der Waals surface area contributed by atoms with Crippen LogP contribution in [0.25, 0.3) is 0 Å². The predicted molar refractivity (Wildman–Crippen MR) is 69.0 cm³/mol. The Kier molecular flexibility index (Phi) is 2.81. The van der Waals surface area contributed by atoms with Crippen molar-refractivity contribution in [1.82, 2.24) is 0 Å². The molecule has 88 valence electrons. The summed E-state index contributed by atoms with van der Waals surface area (Å²) in [4.78, 5) is 2.36. The lowest BCUT2D eigenvalue weighted by molar-refractivity contribution is 0.0304. The highest BCUT2D eigenvalue weighted by Gasteiger charge is 2.34. The van der Waals surface area contributed by atoms with E-state index in [1.807, 2.05) is 18.2 Å². The van der Waals surface area contributed by atoms with Crippen LogP contribution in [0, 0.1) is 11.3 Å². The molecule has 2 heterocycles. The molecule has 0 radical (unpaired) electrons. The second-order valence-corrected chi connectivity index (χ2v) is 5.49. The van der Waals surface area contributed by atoms with Crippen LogP contribution in [0.1, 0.15) is 18.4 Å². The van der Waals surface area contributed by atoms with E-state index < -0.39 is 0 Å². The van der Waals surface area contributed by atoms with Gasteiger partial charge in [0.25, 0.3) is 0 Å². The van der Waals surface area contributed by atoms with Gasteiger partial charge in [0.1, 0.15) is 0 Å². The number of rotatable bonds is 1. The molecule has 3 nitrogen and oxygen atoms in total. The quantitative estimate of drug-likeness (QED) is 0.798. The van der Waals surface area contributed by atoms with Gasteiger partial charge in [-0.3, -0.25) is 0 Å². The standard InChI is InChI=1S/C13H13BrN2O/c14-12-5-9(6-15)1-4-13(12)16-7-10-2-3-11(8-16)17-10/h1,4-5,10-11H,2-3,7-8H2. The zero-order chi connectivity index (χ0) is 11.8. The maximum atomic E-state index is 8.85. The molecule has 0 N–H and O–H groups in total. The van der Waals surface area contributed by atoms with Crippen LogP contribution in [0.5, 0.6) is 0 Å². The van der Waals surface area contributed by atoms with Gasteiger partial charge in [-0.25, -0.2) is 0 Å². The summed E-state index contributed by atoms with van der Waals surface area (Å²) < 4.78 is 6.82. The molecule has 2 aliphatic rings. The topological polar surface area (TPSA) is 36.3 Å². The first-order chi connectivity index (χ1) is 8.26. The van der Waals surface area contributed by atoms with E-state index in [4.69, 9.17) is 10.00 Å². The van der Waals surface area contributed by atoms with Gasteiger partial charge in [0.15, 0.2) is 0 Å². The Hall–Kier alpha value is -1.05. The van der Waals surface area contributed by atoms with Gasteiger partial charge >= 0.3 is 0 Å². The van der Waals surface area contributed by atoms with Crippen molar-refractivity contribution in [2.75, 3.05) is 18.0 Å². The van der Waals surface area contributed by atoms with E-state index in [0.29, 0.717) is 17.8 Å². The van der Waals surface area contributed by atoms with E-state index in [1.165, 1.54) is 18.5 Å². The molecular weight excluding hydrogens is 280 g/mol. The Morgan fingerprint density at radius 3 is 2.59 bits per heavy atom. The highest BCUT2D eigenvalue weighted by molar-refractivity contribution is 9.10. The SMILES string of the molecule is N#Cc1ccc(N2CC3CCC(C2)O3)c(Br)c1. The molecular formula is C13H13BrN2O. The fourth-order valence-electron chi connectivity index (χ4n) is 2.64. The number of morpholine rings is 1. The average molecular weight is 293 g/mol. The van der Waals surface area contributed by atoms with Crippen molar-refractivity contribution >= 4 is 21.6 Å². The van der Waals surface area contributed by atoms with E-state index in [9.17, 15) is 0 Å². The number of fused-ring (bicyclic) bond motifs is 2. The monoisotopic (exact) mass is 292 g/mol. The smallest absolute Gasteiger partial charge is 0.0992 e. The lowest BCUT2D eigenvalue weighted by Crippen LogP contribution is -2.42. The first-order valence-electron chi connectivity index (χ1n) is 5.86. The molecule has 0 amide bonds. The molecule has 3 rings (SSSR count). The van der Waals surface area contributed by atoms with E-state index >= 15 is 0 Å². The van der Waals surface area contributed by atoms with Crippen LogP contribution in [0.3, 0.4) is 0 Å². The number of benzene rings is 1. The van der Waals surface area contributed by atoms with Gasteiger partial charge in [-0.2, -0.15) is 5.26 Å². The summed E-state index contributed by atoms with van der Waals surface area (Å²) in [5.74, 6) is 0. The first kappa shape index (κ1) is 11.1. The second-order valence-electron chi connectivity index (χ2n) is 4.64. The third kappa shape index (κ3) is 2.05. The van der Waals surface area contributed by atoms with E-state index in [0.717, 1.165) is 17.6 Å². The van der Waals surface area contributed by atoms with Gasteiger partial charge in [-0.05, 0) is 47.0 Å². The molecule has 2 bridgehead atoms. The molecule has 17 heavy (non-hydrogen) atoms. The van der Waals surface area contributed by atoms with Crippen molar-refractivity contribution in [3.05, 3.63) is 28.2 Å². The van der Waals surface area contributed by atoms with Crippen LogP contribution in [-0.2, 0) is 4.74 Å².